The minimum Gasteiger partial charge on any atom is -0.466 e. The zero-order chi connectivity index (χ0) is 9.68. The first kappa shape index (κ1) is 9.79. The van der Waals surface area contributed by atoms with Crippen LogP contribution < -0.4 is 0 Å². The van der Waals surface area contributed by atoms with Gasteiger partial charge in [-0.05, 0) is 17.2 Å². The number of methoxy groups -OCH3 is 1. The van der Waals surface area contributed by atoms with Crippen LogP contribution in [0.15, 0.2) is 21.1 Å². The lowest BCUT2D eigenvalue weighted by atomic mass is 10.7. The highest BCUT2D eigenvalue weighted by Gasteiger charge is 1.99. The number of esters is 1. The molecule has 0 aliphatic carbocycles. The zero-order valence-corrected chi connectivity index (χ0v) is 8.00. The highest BCUT2D eigenvalue weighted by molar-refractivity contribution is 8.01. The molecule has 13 heavy (non-hydrogen) atoms. The summed E-state index contributed by atoms with van der Waals surface area (Å²) in [6.07, 6.45) is 1.28. The molecule has 0 amide bonds. The van der Waals surface area contributed by atoms with Crippen LogP contribution in [-0.2, 0) is 9.53 Å². The van der Waals surface area contributed by atoms with Crippen LogP contribution in [-0.4, -0.2) is 23.3 Å². The fraction of sp³-hybridized carbons (Fsp3) is 0.286. The average Bonchev–Trinajstić information content (AvgIpc) is 2.51. The number of thioether (sulfide) groups is 1. The average molecular weight is 200 g/mol. The fourth-order valence-corrected chi connectivity index (χ4v) is 1.09. The van der Waals surface area contributed by atoms with Crippen molar-refractivity contribution in [2.45, 2.75) is 12.1 Å². The van der Waals surface area contributed by atoms with Crippen LogP contribution in [0.2, 0.25) is 0 Å². The topological polar surface area (TPSA) is 65.2 Å². The molecule has 0 bridgehead atoms. The van der Waals surface area contributed by atoms with Gasteiger partial charge in [0.1, 0.15) is 0 Å². The highest BCUT2D eigenvalue weighted by atomic mass is 32.2. The minimum absolute atomic E-state index is 0.401. The predicted molar refractivity (Wildman–Crippen MR) is 46.0 cm³/mol. The van der Waals surface area contributed by atoms with Crippen molar-refractivity contribution in [1.82, 2.24) is 10.2 Å². The van der Waals surface area contributed by atoms with E-state index in [0.29, 0.717) is 11.1 Å². The molecule has 1 rings (SSSR count). The first-order chi connectivity index (χ1) is 6.22. The van der Waals surface area contributed by atoms with Crippen molar-refractivity contribution < 1.29 is 13.9 Å². The predicted octanol–water partition coefficient (Wildman–Crippen LogP) is 1.16. The Morgan fingerprint density at radius 2 is 2.38 bits per heavy atom. The Kier molecular flexibility index (Phi) is 3.51. The number of ether oxygens (including phenoxy) is 1. The second-order valence-corrected chi connectivity index (χ2v) is 2.89. The number of aryl methyl sites for hydroxylation is 1. The van der Waals surface area contributed by atoms with Gasteiger partial charge in [0.2, 0.25) is 5.89 Å². The summed E-state index contributed by atoms with van der Waals surface area (Å²) < 4.78 is 9.42. The van der Waals surface area contributed by atoms with E-state index in [1.54, 1.807) is 6.92 Å². The Morgan fingerprint density at radius 1 is 1.62 bits per heavy atom. The number of hydrogen-bond acceptors (Lipinski definition) is 6. The number of hydrogen-bond donors (Lipinski definition) is 0. The molecule has 1 aromatic rings. The van der Waals surface area contributed by atoms with Crippen molar-refractivity contribution in [2.24, 2.45) is 0 Å². The Morgan fingerprint density at radius 3 is 2.92 bits per heavy atom. The van der Waals surface area contributed by atoms with Crippen LogP contribution in [0.4, 0.5) is 0 Å². The SMILES string of the molecule is COC(=O)C=CSc1nnc(C)o1. The third kappa shape index (κ3) is 3.29. The molecule has 0 aliphatic rings. The van der Waals surface area contributed by atoms with Crippen molar-refractivity contribution in [1.29, 1.82) is 0 Å². The third-order valence-corrected chi connectivity index (χ3v) is 1.72. The summed E-state index contributed by atoms with van der Waals surface area (Å²) in [4.78, 5) is 10.6. The van der Waals surface area contributed by atoms with Crippen molar-refractivity contribution in [2.75, 3.05) is 7.11 Å². The maximum absolute atomic E-state index is 10.6. The lowest BCUT2D eigenvalue weighted by Gasteiger charge is -1.87. The highest BCUT2D eigenvalue weighted by Crippen LogP contribution is 2.16. The lowest BCUT2D eigenvalue weighted by Crippen LogP contribution is -1.92. The van der Waals surface area contributed by atoms with Crippen molar-refractivity contribution in [3.63, 3.8) is 0 Å². The summed E-state index contributed by atoms with van der Waals surface area (Å²) in [6, 6.07) is 0. The molecule has 1 heterocycles. The Labute approximate surface area is 79.2 Å². The van der Waals surface area contributed by atoms with Gasteiger partial charge in [-0.1, -0.05) is 0 Å². The number of nitrogens with zero attached hydrogens (tertiary/aromatic N) is 2. The van der Waals surface area contributed by atoms with Crippen LogP contribution in [0, 0.1) is 6.92 Å². The maximum Gasteiger partial charge on any atom is 0.331 e. The van der Waals surface area contributed by atoms with E-state index < -0.39 is 5.97 Å². The summed E-state index contributed by atoms with van der Waals surface area (Å²) in [7, 11) is 1.31. The molecule has 0 aromatic carbocycles. The van der Waals surface area contributed by atoms with E-state index >= 15 is 0 Å². The summed E-state index contributed by atoms with van der Waals surface area (Å²) >= 11 is 1.16. The summed E-state index contributed by atoms with van der Waals surface area (Å²) in [6.45, 7) is 1.70. The molecule has 0 N–H and O–H groups in total. The third-order valence-electron chi connectivity index (χ3n) is 1.08. The first-order valence-corrected chi connectivity index (χ1v) is 4.31. The van der Waals surface area contributed by atoms with Crippen LogP contribution in [0.5, 0.6) is 0 Å². The standard InChI is InChI=1S/C7H8N2O3S/c1-5-8-9-7(12-5)13-4-3-6(10)11-2/h3-4H,1-2H3. The minimum atomic E-state index is -0.413. The lowest BCUT2D eigenvalue weighted by molar-refractivity contribution is -0.134. The van der Waals surface area contributed by atoms with Gasteiger partial charge in [-0.15, -0.1) is 10.2 Å². The van der Waals surface area contributed by atoms with E-state index in [1.807, 2.05) is 0 Å². The second kappa shape index (κ2) is 4.66. The Bertz CT molecular complexity index is 321. The molecule has 6 heteroatoms. The maximum atomic E-state index is 10.6. The number of carbonyl (C=O) groups excluding carboxylic acids is 1. The van der Waals surface area contributed by atoms with Gasteiger partial charge in [0.05, 0.1) is 7.11 Å². The molecular weight excluding hydrogens is 192 g/mol. The monoisotopic (exact) mass is 200 g/mol. The molecular formula is C7H8N2O3S. The molecule has 70 valence electrons. The van der Waals surface area contributed by atoms with E-state index in [0.717, 1.165) is 11.8 Å². The zero-order valence-electron chi connectivity index (χ0n) is 7.18. The molecule has 0 aliphatic heterocycles. The van der Waals surface area contributed by atoms with Gasteiger partial charge >= 0.3 is 5.97 Å². The number of aromatic nitrogens is 2. The van der Waals surface area contributed by atoms with Crippen LogP contribution >= 0.6 is 11.8 Å². The van der Waals surface area contributed by atoms with Crippen molar-refractivity contribution in [3.05, 3.63) is 17.4 Å². The van der Waals surface area contributed by atoms with Gasteiger partial charge in [-0.2, -0.15) is 0 Å². The normalized spacial score (nSPS) is 10.6. The first-order valence-electron chi connectivity index (χ1n) is 3.43. The van der Waals surface area contributed by atoms with E-state index in [9.17, 15) is 4.79 Å². The summed E-state index contributed by atoms with van der Waals surface area (Å²) in [5.74, 6) is 0.0812. The number of carbonyl (C=O) groups is 1. The summed E-state index contributed by atoms with van der Waals surface area (Å²) in [5, 5.41) is 9.26. The largest absolute Gasteiger partial charge is 0.466 e. The molecule has 0 unspecified atom stereocenters. The van der Waals surface area contributed by atoms with E-state index in [4.69, 9.17) is 4.42 Å². The van der Waals surface area contributed by atoms with Gasteiger partial charge in [0, 0.05) is 13.0 Å². The smallest absolute Gasteiger partial charge is 0.331 e. The Balaban J connectivity index is 2.43. The van der Waals surface area contributed by atoms with Crippen LogP contribution in [0.1, 0.15) is 5.89 Å². The van der Waals surface area contributed by atoms with Gasteiger partial charge in [-0.25, -0.2) is 4.79 Å². The fourth-order valence-electron chi connectivity index (χ4n) is 0.542. The molecule has 0 radical (unpaired) electrons. The number of rotatable bonds is 3. The summed E-state index contributed by atoms with van der Waals surface area (Å²) in [5.41, 5.74) is 0. The second-order valence-electron chi connectivity index (χ2n) is 2.03. The van der Waals surface area contributed by atoms with Gasteiger partial charge < -0.3 is 9.15 Å². The molecule has 0 fully saturated rings. The van der Waals surface area contributed by atoms with E-state index in [-0.39, 0.29) is 0 Å². The molecule has 0 saturated heterocycles. The quantitative estimate of drug-likeness (QED) is 0.414. The van der Waals surface area contributed by atoms with Crippen LogP contribution in [0.25, 0.3) is 0 Å². The van der Waals surface area contributed by atoms with Crippen molar-refractivity contribution >= 4 is 17.7 Å². The van der Waals surface area contributed by atoms with Crippen molar-refractivity contribution in [3.8, 4) is 0 Å². The van der Waals surface area contributed by atoms with E-state index in [1.165, 1.54) is 18.6 Å². The molecule has 0 saturated carbocycles. The molecule has 0 spiro atoms. The molecule has 0 atom stereocenters. The van der Waals surface area contributed by atoms with Gasteiger partial charge in [0.15, 0.2) is 0 Å². The van der Waals surface area contributed by atoms with Gasteiger partial charge in [-0.3, -0.25) is 0 Å². The molecule has 5 nitrogen and oxygen atoms in total. The van der Waals surface area contributed by atoms with Crippen LogP contribution in [0.3, 0.4) is 0 Å². The Hall–Kier alpha value is -1.30. The molecule has 1 aromatic heterocycles. The van der Waals surface area contributed by atoms with E-state index in [2.05, 4.69) is 14.9 Å². The van der Waals surface area contributed by atoms with Gasteiger partial charge in [0.25, 0.3) is 5.22 Å².